The van der Waals surface area contributed by atoms with E-state index in [2.05, 4.69) is 35.9 Å². The van der Waals surface area contributed by atoms with E-state index < -0.39 is 5.82 Å². The Kier molecular flexibility index (Phi) is 3.15. The van der Waals surface area contributed by atoms with Crippen molar-refractivity contribution in [2.45, 2.75) is 0 Å². The van der Waals surface area contributed by atoms with Crippen LogP contribution in [0.25, 0.3) is 17.3 Å². The molecule has 0 atom stereocenters. The molecule has 8 heteroatoms. The molecule has 20 heavy (non-hydrogen) atoms. The van der Waals surface area contributed by atoms with Gasteiger partial charge in [0.15, 0.2) is 5.82 Å². The molecule has 0 saturated heterocycles. The minimum Gasteiger partial charge on any atom is -0.368 e. The lowest BCUT2D eigenvalue weighted by atomic mass is 10.2. The van der Waals surface area contributed by atoms with Gasteiger partial charge in [-0.3, -0.25) is 4.57 Å². The monoisotopic (exact) mass is 334 g/mol. The summed E-state index contributed by atoms with van der Waals surface area (Å²) in [5, 5.41) is 0. The van der Waals surface area contributed by atoms with Gasteiger partial charge in [-0.05, 0) is 18.2 Å². The van der Waals surface area contributed by atoms with E-state index in [4.69, 9.17) is 5.73 Å². The molecule has 2 heterocycles. The second-order valence-corrected chi connectivity index (χ2v) is 4.83. The van der Waals surface area contributed by atoms with Gasteiger partial charge in [0.2, 0.25) is 11.9 Å². The van der Waals surface area contributed by atoms with Crippen molar-refractivity contribution in [3.63, 3.8) is 0 Å². The van der Waals surface area contributed by atoms with Crippen molar-refractivity contribution in [2.24, 2.45) is 0 Å². The van der Waals surface area contributed by atoms with Gasteiger partial charge in [-0.25, -0.2) is 9.37 Å². The number of nitrogens with zero attached hydrogens (tertiary/aromatic N) is 5. The summed E-state index contributed by atoms with van der Waals surface area (Å²) in [4.78, 5) is 16.1. The summed E-state index contributed by atoms with van der Waals surface area (Å²) in [5.74, 6) is 0.0258. The Morgan fingerprint density at radius 2 is 2.05 bits per heavy atom. The van der Waals surface area contributed by atoms with E-state index in [1.807, 2.05) is 0 Å². The Balaban J connectivity index is 2.17. The maximum Gasteiger partial charge on any atom is 0.240 e. The smallest absolute Gasteiger partial charge is 0.240 e. The Morgan fingerprint density at radius 1 is 1.20 bits per heavy atom. The van der Waals surface area contributed by atoms with Gasteiger partial charge >= 0.3 is 0 Å². The fourth-order valence-electron chi connectivity index (χ4n) is 1.66. The van der Waals surface area contributed by atoms with Gasteiger partial charge < -0.3 is 5.73 Å². The van der Waals surface area contributed by atoms with E-state index in [0.717, 1.165) is 4.47 Å². The molecule has 2 N–H and O–H groups in total. The Morgan fingerprint density at radius 3 is 2.80 bits per heavy atom. The number of nitrogen functional groups attached to an aromatic ring is 1. The molecule has 0 aliphatic heterocycles. The van der Waals surface area contributed by atoms with Crippen molar-refractivity contribution in [3.05, 3.63) is 47.2 Å². The van der Waals surface area contributed by atoms with Crippen molar-refractivity contribution >= 4 is 21.9 Å². The molecule has 1 aromatic carbocycles. The van der Waals surface area contributed by atoms with E-state index >= 15 is 0 Å². The minimum absolute atomic E-state index is 0.0121. The lowest BCUT2D eigenvalue weighted by Gasteiger charge is -2.06. The highest BCUT2D eigenvalue weighted by Crippen LogP contribution is 2.24. The fourth-order valence-corrected chi connectivity index (χ4v) is 2.02. The highest BCUT2D eigenvalue weighted by molar-refractivity contribution is 9.10. The Labute approximate surface area is 121 Å². The average Bonchev–Trinajstić information content (AvgIpc) is 2.95. The molecule has 0 saturated carbocycles. The van der Waals surface area contributed by atoms with E-state index in [-0.39, 0.29) is 23.3 Å². The van der Waals surface area contributed by atoms with Gasteiger partial charge in [-0.15, -0.1) is 0 Å². The summed E-state index contributed by atoms with van der Waals surface area (Å²) in [7, 11) is 0. The van der Waals surface area contributed by atoms with Crippen LogP contribution in [-0.2, 0) is 0 Å². The van der Waals surface area contributed by atoms with Crippen LogP contribution in [0.3, 0.4) is 0 Å². The van der Waals surface area contributed by atoms with E-state index in [1.165, 1.54) is 12.4 Å². The summed E-state index contributed by atoms with van der Waals surface area (Å²) < 4.78 is 16.2. The lowest BCUT2D eigenvalue weighted by Crippen LogP contribution is -2.07. The number of imidazole rings is 1. The quantitative estimate of drug-likeness (QED) is 0.776. The first kappa shape index (κ1) is 12.7. The van der Waals surface area contributed by atoms with Gasteiger partial charge in [-0.2, -0.15) is 15.0 Å². The molecule has 0 amide bonds. The first-order chi connectivity index (χ1) is 9.63. The molecular weight excluding hydrogens is 327 g/mol. The summed E-state index contributed by atoms with van der Waals surface area (Å²) >= 11 is 3.29. The van der Waals surface area contributed by atoms with Crippen LogP contribution in [0.15, 0.2) is 41.4 Å². The van der Waals surface area contributed by atoms with E-state index in [9.17, 15) is 4.39 Å². The molecule has 0 bridgehead atoms. The van der Waals surface area contributed by atoms with Crippen LogP contribution in [-0.4, -0.2) is 24.5 Å². The second kappa shape index (κ2) is 4.97. The third-order valence-corrected chi connectivity index (χ3v) is 3.04. The van der Waals surface area contributed by atoms with Crippen LogP contribution in [0, 0.1) is 5.82 Å². The number of aromatic nitrogens is 5. The number of hydrogen-bond donors (Lipinski definition) is 1. The van der Waals surface area contributed by atoms with Crippen LogP contribution in [0.5, 0.6) is 0 Å². The van der Waals surface area contributed by atoms with Crippen molar-refractivity contribution in [1.82, 2.24) is 24.5 Å². The number of halogens is 2. The molecule has 0 spiro atoms. The normalized spacial score (nSPS) is 10.7. The molecule has 2 aromatic heterocycles. The number of anilines is 1. The van der Waals surface area contributed by atoms with Gasteiger partial charge in [0.05, 0.1) is 5.56 Å². The maximum absolute atomic E-state index is 13.9. The third-order valence-electron chi connectivity index (χ3n) is 2.55. The standard InChI is InChI=1S/C12H8BrFN6/c13-7-1-2-9(14)8(5-7)10-17-11(15)19-12(18-10)20-4-3-16-6-20/h1-6H,(H2,15,17,18,19). The highest BCUT2D eigenvalue weighted by atomic mass is 79.9. The molecular formula is C12H8BrFN6. The van der Waals surface area contributed by atoms with Crippen LogP contribution in [0.4, 0.5) is 10.3 Å². The first-order valence-electron chi connectivity index (χ1n) is 5.59. The SMILES string of the molecule is Nc1nc(-c2cc(Br)ccc2F)nc(-n2ccnc2)n1. The molecule has 100 valence electrons. The van der Waals surface area contributed by atoms with E-state index in [0.29, 0.717) is 0 Å². The zero-order valence-electron chi connectivity index (χ0n) is 10.0. The predicted octanol–water partition coefficient (Wildman–Crippen LogP) is 2.21. The van der Waals surface area contributed by atoms with Crippen LogP contribution in [0.1, 0.15) is 0 Å². The second-order valence-electron chi connectivity index (χ2n) is 3.91. The van der Waals surface area contributed by atoms with Gasteiger partial charge in [-0.1, -0.05) is 15.9 Å². The summed E-state index contributed by atoms with van der Waals surface area (Å²) in [6.45, 7) is 0. The molecule has 3 rings (SSSR count). The third kappa shape index (κ3) is 2.37. The average molecular weight is 335 g/mol. The van der Waals surface area contributed by atoms with Crippen molar-refractivity contribution in [3.8, 4) is 17.3 Å². The maximum atomic E-state index is 13.9. The molecule has 6 nitrogen and oxygen atoms in total. The predicted molar refractivity (Wildman–Crippen MR) is 74.5 cm³/mol. The highest BCUT2D eigenvalue weighted by Gasteiger charge is 2.12. The lowest BCUT2D eigenvalue weighted by molar-refractivity contribution is 0.629. The molecule has 0 fully saturated rings. The Bertz CT molecular complexity index is 759. The minimum atomic E-state index is -0.435. The Hall–Kier alpha value is -2.35. The molecule has 3 aromatic rings. The molecule has 0 aliphatic rings. The summed E-state index contributed by atoms with van der Waals surface area (Å²) in [6.07, 6.45) is 4.77. The number of benzene rings is 1. The largest absolute Gasteiger partial charge is 0.368 e. The number of nitrogens with two attached hydrogens (primary N) is 1. The number of hydrogen-bond acceptors (Lipinski definition) is 5. The summed E-state index contributed by atoms with van der Waals surface area (Å²) in [6, 6.07) is 4.51. The zero-order chi connectivity index (χ0) is 14.1. The van der Waals surface area contributed by atoms with Crippen LogP contribution in [0.2, 0.25) is 0 Å². The van der Waals surface area contributed by atoms with Crippen molar-refractivity contribution in [1.29, 1.82) is 0 Å². The van der Waals surface area contributed by atoms with Crippen LogP contribution < -0.4 is 5.73 Å². The van der Waals surface area contributed by atoms with Crippen LogP contribution >= 0.6 is 15.9 Å². The fraction of sp³-hybridized carbons (Fsp3) is 0. The zero-order valence-corrected chi connectivity index (χ0v) is 11.6. The van der Waals surface area contributed by atoms with Gasteiger partial charge in [0.25, 0.3) is 0 Å². The van der Waals surface area contributed by atoms with Crippen molar-refractivity contribution < 1.29 is 4.39 Å². The molecule has 0 aliphatic carbocycles. The first-order valence-corrected chi connectivity index (χ1v) is 6.38. The van der Waals surface area contributed by atoms with Gasteiger partial charge in [0.1, 0.15) is 12.1 Å². The molecule has 0 radical (unpaired) electrons. The topological polar surface area (TPSA) is 82.5 Å². The van der Waals surface area contributed by atoms with E-state index in [1.54, 1.807) is 29.1 Å². The van der Waals surface area contributed by atoms with Crippen molar-refractivity contribution in [2.75, 3.05) is 5.73 Å². The number of rotatable bonds is 2. The summed E-state index contributed by atoms with van der Waals surface area (Å²) in [5.41, 5.74) is 5.91. The molecule has 0 unspecified atom stereocenters. The van der Waals surface area contributed by atoms with Gasteiger partial charge in [0, 0.05) is 16.9 Å².